The molecule has 11 aromatic rings. The smallest absolute Gasteiger partial charge is 0.115 e. The molecule has 0 saturated carbocycles. The summed E-state index contributed by atoms with van der Waals surface area (Å²) >= 11 is 3.60. The molecule has 10 heterocycles. The number of aliphatic imine (C=N–C) groups is 1. The van der Waals surface area contributed by atoms with E-state index in [0.717, 1.165) is 29.9 Å². The number of hydrogen-bond acceptors (Lipinski definition) is 11. The van der Waals surface area contributed by atoms with Gasteiger partial charge in [0.05, 0.1) is 18.3 Å². The molecule has 13 rings (SSSR count). The predicted octanol–water partition coefficient (Wildman–Crippen LogP) is 30.1. The molecule has 616 valence electrons. The number of pyridine rings is 5. The molecule has 2 aliphatic rings. The lowest BCUT2D eigenvalue weighted by molar-refractivity contribution is 0.409. The lowest BCUT2D eigenvalue weighted by Gasteiger charge is -2.18. The van der Waals surface area contributed by atoms with E-state index < -0.39 is 0 Å². The van der Waals surface area contributed by atoms with Crippen molar-refractivity contribution in [3.05, 3.63) is 328 Å². The van der Waals surface area contributed by atoms with Gasteiger partial charge in [0.1, 0.15) is 12.1 Å². The molecule has 9 aromatic heterocycles. The van der Waals surface area contributed by atoms with Gasteiger partial charge in [-0.1, -0.05) is 306 Å². The minimum Gasteiger partial charge on any atom is -0.469 e. The van der Waals surface area contributed by atoms with Crippen molar-refractivity contribution in [1.82, 2.24) is 34.9 Å². The highest BCUT2D eigenvalue weighted by atomic mass is 32.1. The van der Waals surface area contributed by atoms with Gasteiger partial charge in [-0.05, 0) is 209 Å². The summed E-state index contributed by atoms with van der Waals surface area (Å²) in [7, 11) is 0. The highest BCUT2D eigenvalue weighted by Gasteiger charge is 2.18. The van der Waals surface area contributed by atoms with Gasteiger partial charge in [0.15, 0.2) is 0 Å². The molecule has 1 aliphatic heterocycles. The third-order valence-electron chi connectivity index (χ3n) is 17.7. The molecule has 114 heavy (non-hydrogen) atoms. The quantitative estimate of drug-likeness (QED) is 0.167. The fraction of sp³-hybridized carbons (Fsp3) is 0.437. The van der Waals surface area contributed by atoms with Gasteiger partial charge in [-0.3, -0.25) is 29.9 Å². The van der Waals surface area contributed by atoms with Crippen molar-refractivity contribution >= 4 is 39.3 Å². The Hall–Kier alpha value is -8.90. The average molecular weight is 1580 g/mol. The summed E-state index contributed by atoms with van der Waals surface area (Å²) in [5.74, 6) is 4.07. The van der Waals surface area contributed by atoms with Crippen molar-refractivity contribution in [2.45, 2.75) is 277 Å². The first kappa shape index (κ1) is 101. The highest BCUT2D eigenvalue weighted by Crippen LogP contribution is 2.29. The number of rotatable bonds is 5. The standard InChI is InChI=1S/C12H13N.C10H14.3C9H13N.C8H11N.C8H12O.2C8H12S.C8H12.C7H10N2.C7H11N/c1-9(2)11-7-10-5-3-4-6-12(10)13-8-11;1-10(2,3)9-7-5-4-6-8-9;1-9(2,3)8-4-6-10-7-5-8;1-9(2,3)8-5-4-6-10-7-8;1-9(2,3)8-6-4-5-7-10-8;1-7(2)8-3-5-9-6-4-8;1-8(2,3)7-5-4-6-9-7;1-8(2,3)7-4-5-9-6-7;1-8(2,3)7-5-4-6-9-7;1-7(2)8-5-3-4-6-8;1-6(2)7-3-8-5-9-4-7;1-6(2)7-4-3-5-8-7/h3-9H,1-2H3;4-8H,1-3H3;3*4-7H,1-3H3;3-7H,1-2H3;3*4-6H,1-3H3;3,5-7H,4H2,1-2H3;3-6H,1-2H3;3-4,6H,5H2,1-2H3. The van der Waals surface area contributed by atoms with E-state index >= 15 is 0 Å². The number of fused-ring (bicyclic) bond motifs is 1. The van der Waals surface area contributed by atoms with Gasteiger partial charge in [-0.15, -0.1) is 11.3 Å². The van der Waals surface area contributed by atoms with Crippen LogP contribution >= 0.6 is 22.7 Å². The molecule has 0 amide bonds. The first-order valence-electron chi connectivity index (χ1n) is 40.7. The second kappa shape index (κ2) is 51.1. The van der Waals surface area contributed by atoms with Crippen molar-refractivity contribution in [1.29, 1.82) is 0 Å². The molecule has 0 radical (unpaired) electrons. The molecule has 9 nitrogen and oxygen atoms in total. The number of allylic oxidation sites excluding steroid dienone is 5. The number of nitrogens with zero attached hydrogens (tertiary/aromatic N) is 8. The Bertz CT molecular complexity index is 3940. The normalized spacial score (nSPS) is 12.2. The van der Waals surface area contributed by atoms with Crippen LogP contribution in [-0.2, 0) is 37.9 Å². The molecule has 0 atom stereocenters. The summed E-state index contributed by atoms with van der Waals surface area (Å²) in [6.45, 7) is 68.7. The lowest BCUT2D eigenvalue weighted by Crippen LogP contribution is -2.12. The van der Waals surface area contributed by atoms with Crippen molar-refractivity contribution in [3.8, 4) is 0 Å². The van der Waals surface area contributed by atoms with Crippen LogP contribution in [0.25, 0.3) is 10.9 Å². The molecule has 0 saturated heterocycles. The van der Waals surface area contributed by atoms with Gasteiger partial charge in [0.2, 0.25) is 0 Å². The van der Waals surface area contributed by atoms with Gasteiger partial charge >= 0.3 is 0 Å². The second-order valence-electron chi connectivity index (χ2n) is 37.0. The van der Waals surface area contributed by atoms with E-state index in [9.17, 15) is 0 Å². The summed E-state index contributed by atoms with van der Waals surface area (Å²) < 4.78 is 5.20. The Kier molecular flexibility index (Phi) is 45.4. The van der Waals surface area contributed by atoms with Crippen LogP contribution < -0.4 is 0 Å². The van der Waals surface area contributed by atoms with E-state index in [4.69, 9.17) is 4.42 Å². The highest BCUT2D eigenvalue weighted by molar-refractivity contribution is 7.10. The van der Waals surface area contributed by atoms with E-state index in [1.807, 2.05) is 128 Å². The molecule has 0 unspecified atom stereocenters. The summed E-state index contributed by atoms with van der Waals surface area (Å²) in [4.78, 5) is 34.1. The number of aromatic nitrogens is 7. The Balaban J connectivity index is 0.000000423. The van der Waals surface area contributed by atoms with Gasteiger partial charge < -0.3 is 4.42 Å². The molecule has 0 N–H and O–H groups in total. The molecular formula is C103H146N8OS2. The topological polar surface area (TPSA) is 116 Å². The number of furan rings is 1. The number of benzene rings is 2. The van der Waals surface area contributed by atoms with Crippen LogP contribution in [0.5, 0.6) is 0 Å². The molecule has 0 spiro atoms. The van der Waals surface area contributed by atoms with Crippen LogP contribution in [0.4, 0.5) is 0 Å². The lowest BCUT2D eigenvalue weighted by atomic mass is 9.87. The Labute approximate surface area is 701 Å². The Morgan fingerprint density at radius 2 is 0.921 bits per heavy atom. The van der Waals surface area contributed by atoms with E-state index in [1.54, 1.807) is 30.1 Å². The summed E-state index contributed by atoms with van der Waals surface area (Å²) in [5, 5.41) is 7.69. The average Bonchev–Trinajstić information content (AvgIpc) is 1.32. The fourth-order valence-electron chi connectivity index (χ4n) is 9.93. The molecule has 0 bridgehead atoms. The zero-order chi connectivity index (χ0) is 85.8. The minimum absolute atomic E-state index is 0.156. The molecule has 11 heteroatoms. The molecule has 0 fully saturated rings. The molecular weight excluding hydrogens is 1430 g/mol. The van der Waals surface area contributed by atoms with Crippen molar-refractivity contribution in [2.24, 2.45) is 16.8 Å². The first-order valence-corrected chi connectivity index (χ1v) is 42.5. The number of para-hydroxylation sites is 1. The van der Waals surface area contributed by atoms with Gasteiger partial charge in [-0.2, -0.15) is 11.3 Å². The van der Waals surface area contributed by atoms with Crippen molar-refractivity contribution in [2.75, 3.05) is 6.54 Å². The van der Waals surface area contributed by atoms with Crippen LogP contribution in [0.15, 0.2) is 282 Å². The van der Waals surface area contributed by atoms with Gasteiger partial charge in [0.25, 0.3) is 0 Å². The third kappa shape index (κ3) is 44.1. The summed E-state index contributed by atoms with van der Waals surface area (Å²) in [6.07, 6.45) is 33.8. The minimum atomic E-state index is 0.156. The van der Waals surface area contributed by atoms with E-state index in [2.05, 4.69) is 386 Å². The Morgan fingerprint density at radius 3 is 1.25 bits per heavy atom. The van der Waals surface area contributed by atoms with E-state index in [1.165, 1.54) is 60.5 Å². The van der Waals surface area contributed by atoms with Gasteiger partial charge in [-0.25, -0.2) is 9.97 Å². The third-order valence-corrected chi connectivity index (χ3v) is 19.7. The zero-order valence-electron chi connectivity index (χ0n) is 76.0. The summed E-state index contributed by atoms with van der Waals surface area (Å²) in [5.41, 5.74) is 16.1. The maximum Gasteiger partial charge on any atom is 0.115 e. The van der Waals surface area contributed by atoms with Crippen molar-refractivity contribution in [3.63, 3.8) is 0 Å². The number of hydrogen-bond donors (Lipinski definition) is 0. The Morgan fingerprint density at radius 1 is 0.368 bits per heavy atom. The van der Waals surface area contributed by atoms with Crippen molar-refractivity contribution < 1.29 is 4.42 Å². The van der Waals surface area contributed by atoms with Crippen LogP contribution in [0.2, 0.25) is 0 Å². The van der Waals surface area contributed by atoms with Gasteiger partial charge in [0, 0.05) is 94.5 Å². The maximum atomic E-state index is 5.20. The number of thiophene rings is 2. The zero-order valence-corrected chi connectivity index (χ0v) is 77.6. The second-order valence-corrected chi connectivity index (χ2v) is 38.7. The first-order chi connectivity index (χ1) is 53.2. The monoisotopic (exact) mass is 1580 g/mol. The van der Waals surface area contributed by atoms with Crippen LogP contribution in [-0.4, -0.2) is 47.1 Å². The van der Waals surface area contributed by atoms with Crippen LogP contribution in [0, 0.1) is 11.8 Å². The summed E-state index contributed by atoms with van der Waals surface area (Å²) in [6, 6.07) is 49.7. The van der Waals surface area contributed by atoms with E-state index in [-0.39, 0.29) is 21.7 Å². The fourth-order valence-corrected chi connectivity index (χ4v) is 11.6. The molecule has 2 aromatic carbocycles. The largest absolute Gasteiger partial charge is 0.469 e. The van der Waals surface area contributed by atoms with E-state index in [0.29, 0.717) is 45.8 Å². The van der Waals surface area contributed by atoms with Crippen LogP contribution in [0.3, 0.4) is 0 Å². The SMILES string of the molecule is CC(C)(C)c1ccccc1.CC(C)(C)c1ccccn1.CC(C)(C)c1cccnc1.CC(C)(C)c1ccco1.CC(C)(C)c1cccs1.CC(C)(C)c1ccncc1.CC(C)(C)c1ccsc1.CC(C)C1=CCC=C1.CC(C)C1=NCC=C1.CC(C)c1ccncc1.CC(C)c1cnc2ccccc2c1.CC(C)c1cncnc1. The predicted molar refractivity (Wildman–Crippen MR) is 501 cm³/mol. The molecule has 1 aliphatic carbocycles. The van der Waals surface area contributed by atoms with Crippen LogP contribution in [0.1, 0.15) is 294 Å². The maximum absolute atomic E-state index is 5.20.